The van der Waals surface area contributed by atoms with Crippen LogP contribution in [0.5, 0.6) is 17.4 Å². The van der Waals surface area contributed by atoms with Gasteiger partial charge in [0.05, 0.1) is 12.6 Å². The standard InChI is InChI=1S/C14H13N3O2S/c1-18-10-4-9(7-15)5-11(6-10)19-14-13-12(2-3-20-13)16-8-17-14/h2-6,8H,7,15H2,1H3. The van der Waals surface area contributed by atoms with Crippen LogP contribution in [0.4, 0.5) is 0 Å². The molecule has 0 saturated heterocycles. The zero-order valence-electron chi connectivity index (χ0n) is 10.9. The summed E-state index contributed by atoms with van der Waals surface area (Å²) < 4.78 is 12.0. The molecule has 0 amide bonds. The maximum Gasteiger partial charge on any atom is 0.240 e. The Balaban J connectivity index is 2.00. The lowest BCUT2D eigenvalue weighted by atomic mass is 10.2. The van der Waals surface area contributed by atoms with E-state index in [-0.39, 0.29) is 0 Å². The molecule has 3 rings (SSSR count). The van der Waals surface area contributed by atoms with E-state index in [9.17, 15) is 0 Å². The number of nitrogens with two attached hydrogens (primary N) is 1. The molecule has 0 fully saturated rings. The van der Waals surface area contributed by atoms with Gasteiger partial charge in [-0.05, 0) is 29.1 Å². The minimum absolute atomic E-state index is 0.422. The Labute approximate surface area is 120 Å². The molecule has 0 bridgehead atoms. The van der Waals surface area contributed by atoms with Crippen LogP contribution in [0.1, 0.15) is 5.56 Å². The van der Waals surface area contributed by atoms with E-state index in [2.05, 4.69) is 9.97 Å². The van der Waals surface area contributed by atoms with Crippen molar-refractivity contribution in [1.82, 2.24) is 9.97 Å². The van der Waals surface area contributed by atoms with Crippen LogP contribution in [0.2, 0.25) is 0 Å². The Morgan fingerprint density at radius 3 is 2.85 bits per heavy atom. The molecule has 0 atom stereocenters. The summed E-state index contributed by atoms with van der Waals surface area (Å²) >= 11 is 1.55. The van der Waals surface area contributed by atoms with Gasteiger partial charge in [-0.3, -0.25) is 0 Å². The summed E-state index contributed by atoms with van der Waals surface area (Å²) in [6.07, 6.45) is 1.49. The second-order valence-corrected chi connectivity index (χ2v) is 5.05. The molecule has 0 radical (unpaired) electrons. The molecule has 20 heavy (non-hydrogen) atoms. The van der Waals surface area contributed by atoms with Crippen molar-refractivity contribution in [3.63, 3.8) is 0 Å². The fourth-order valence-corrected chi connectivity index (χ4v) is 2.65. The van der Waals surface area contributed by atoms with Gasteiger partial charge in [0.25, 0.3) is 0 Å². The average Bonchev–Trinajstić information content (AvgIpc) is 2.96. The van der Waals surface area contributed by atoms with Gasteiger partial charge in [0, 0.05) is 12.6 Å². The van der Waals surface area contributed by atoms with Gasteiger partial charge in [-0.1, -0.05) is 0 Å². The first-order chi connectivity index (χ1) is 9.80. The molecule has 2 heterocycles. The molecule has 0 aliphatic heterocycles. The fourth-order valence-electron chi connectivity index (χ4n) is 1.88. The molecular weight excluding hydrogens is 274 g/mol. The van der Waals surface area contributed by atoms with Crippen LogP contribution in [0, 0.1) is 0 Å². The monoisotopic (exact) mass is 287 g/mol. The third-order valence-electron chi connectivity index (χ3n) is 2.84. The first-order valence-corrected chi connectivity index (χ1v) is 6.92. The molecule has 6 heteroatoms. The van der Waals surface area contributed by atoms with Crippen molar-refractivity contribution in [2.45, 2.75) is 6.54 Å². The minimum atomic E-state index is 0.422. The molecule has 0 spiro atoms. The lowest BCUT2D eigenvalue weighted by Crippen LogP contribution is -1.98. The Morgan fingerprint density at radius 1 is 1.20 bits per heavy atom. The number of aromatic nitrogens is 2. The Hall–Kier alpha value is -2.18. The molecule has 1 aromatic carbocycles. The molecule has 102 valence electrons. The van der Waals surface area contributed by atoms with Gasteiger partial charge in [-0.15, -0.1) is 11.3 Å². The van der Waals surface area contributed by atoms with E-state index in [0.717, 1.165) is 15.8 Å². The van der Waals surface area contributed by atoms with Crippen LogP contribution in [-0.2, 0) is 6.54 Å². The molecule has 5 nitrogen and oxygen atoms in total. The van der Waals surface area contributed by atoms with Gasteiger partial charge in [-0.2, -0.15) is 0 Å². The summed E-state index contributed by atoms with van der Waals surface area (Å²) in [6.45, 7) is 0.422. The minimum Gasteiger partial charge on any atom is -0.497 e. The Bertz CT molecular complexity index is 720. The lowest BCUT2D eigenvalue weighted by molar-refractivity contribution is 0.407. The van der Waals surface area contributed by atoms with Crippen molar-refractivity contribution in [2.24, 2.45) is 5.73 Å². The molecule has 3 aromatic rings. The number of methoxy groups -OCH3 is 1. The van der Waals surface area contributed by atoms with E-state index in [4.69, 9.17) is 15.2 Å². The summed E-state index contributed by atoms with van der Waals surface area (Å²) in [4.78, 5) is 8.38. The highest BCUT2D eigenvalue weighted by molar-refractivity contribution is 7.17. The van der Waals surface area contributed by atoms with E-state index in [0.29, 0.717) is 23.9 Å². The first kappa shape index (κ1) is 12.8. The van der Waals surface area contributed by atoms with Gasteiger partial charge in [0.15, 0.2) is 0 Å². The first-order valence-electron chi connectivity index (χ1n) is 6.04. The topological polar surface area (TPSA) is 70.3 Å². The normalized spacial score (nSPS) is 10.7. The van der Waals surface area contributed by atoms with E-state index in [1.165, 1.54) is 6.33 Å². The predicted octanol–water partition coefficient (Wildman–Crippen LogP) is 2.95. The smallest absolute Gasteiger partial charge is 0.240 e. The van der Waals surface area contributed by atoms with Gasteiger partial charge in [0.1, 0.15) is 22.5 Å². The van der Waals surface area contributed by atoms with E-state index < -0.39 is 0 Å². The zero-order valence-corrected chi connectivity index (χ0v) is 11.7. The summed E-state index contributed by atoms with van der Waals surface area (Å²) in [7, 11) is 1.61. The van der Waals surface area contributed by atoms with Crippen LogP contribution in [-0.4, -0.2) is 17.1 Å². The van der Waals surface area contributed by atoms with Crippen molar-refractivity contribution >= 4 is 21.6 Å². The van der Waals surface area contributed by atoms with Gasteiger partial charge in [-0.25, -0.2) is 9.97 Å². The molecule has 2 aromatic heterocycles. The summed E-state index contributed by atoms with van der Waals surface area (Å²) in [5, 5.41) is 1.96. The molecule has 0 unspecified atom stereocenters. The number of nitrogens with zero attached hydrogens (tertiary/aromatic N) is 2. The molecule has 0 saturated carbocycles. The van der Waals surface area contributed by atoms with E-state index in [1.54, 1.807) is 24.5 Å². The van der Waals surface area contributed by atoms with Crippen molar-refractivity contribution in [3.8, 4) is 17.4 Å². The molecular formula is C14H13N3O2S. The SMILES string of the molecule is COc1cc(CN)cc(Oc2ncnc3ccsc23)c1. The Kier molecular flexibility index (Phi) is 3.49. The van der Waals surface area contributed by atoms with Crippen LogP contribution in [0.25, 0.3) is 10.2 Å². The van der Waals surface area contributed by atoms with Gasteiger partial charge in [0.2, 0.25) is 5.88 Å². The molecule has 2 N–H and O–H groups in total. The number of hydrogen-bond donors (Lipinski definition) is 1. The predicted molar refractivity (Wildman–Crippen MR) is 78.4 cm³/mol. The van der Waals surface area contributed by atoms with Crippen molar-refractivity contribution in [1.29, 1.82) is 0 Å². The summed E-state index contributed by atoms with van der Waals surface area (Å²) in [5.41, 5.74) is 7.49. The quantitative estimate of drug-likeness (QED) is 0.799. The van der Waals surface area contributed by atoms with Gasteiger partial charge >= 0.3 is 0 Å². The number of thiophene rings is 1. The van der Waals surface area contributed by atoms with E-state index >= 15 is 0 Å². The number of rotatable bonds is 4. The second-order valence-electron chi connectivity index (χ2n) is 4.14. The second kappa shape index (κ2) is 5.44. The van der Waals surface area contributed by atoms with Crippen LogP contribution >= 0.6 is 11.3 Å². The van der Waals surface area contributed by atoms with Gasteiger partial charge < -0.3 is 15.2 Å². The average molecular weight is 287 g/mol. The highest BCUT2D eigenvalue weighted by atomic mass is 32.1. The summed E-state index contributed by atoms with van der Waals surface area (Å²) in [6, 6.07) is 7.50. The molecule has 0 aliphatic carbocycles. The summed E-state index contributed by atoms with van der Waals surface area (Å²) in [5.74, 6) is 1.90. The Morgan fingerprint density at radius 2 is 2.05 bits per heavy atom. The third-order valence-corrected chi connectivity index (χ3v) is 3.73. The maximum atomic E-state index is 5.86. The number of hydrogen-bond acceptors (Lipinski definition) is 6. The largest absolute Gasteiger partial charge is 0.497 e. The lowest BCUT2D eigenvalue weighted by Gasteiger charge is -2.09. The number of benzene rings is 1. The van der Waals surface area contributed by atoms with Crippen molar-refractivity contribution in [3.05, 3.63) is 41.5 Å². The number of ether oxygens (including phenoxy) is 2. The fraction of sp³-hybridized carbons (Fsp3) is 0.143. The van der Waals surface area contributed by atoms with Crippen molar-refractivity contribution in [2.75, 3.05) is 7.11 Å². The number of fused-ring (bicyclic) bond motifs is 1. The maximum absolute atomic E-state index is 5.86. The van der Waals surface area contributed by atoms with Crippen LogP contribution in [0.15, 0.2) is 36.0 Å². The zero-order chi connectivity index (χ0) is 13.9. The van der Waals surface area contributed by atoms with E-state index in [1.807, 2.05) is 23.6 Å². The highest BCUT2D eigenvalue weighted by Gasteiger charge is 2.09. The third kappa shape index (κ3) is 2.43. The highest BCUT2D eigenvalue weighted by Crippen LogP contribution is 2.32. The van der Waals surface area contributed by atoms with Crippen LogP contribution < -0.4 is 15.2 Å². The molecule has 0 aliphatic rings. The van der Waals surface area contributed by atoms with Crippen molar-refractivity contribution < 1.29 is 9.47 Å². The van der Waals surface area contributed by atoms with Crippen LogP contribution in [0.3, 0.4) is 0 Å².